The predicted molar refractivity (Wildman–Crippen MR) is 85.9 cm³/mol. The minimum atomic E-state index is 0.0367. The summed E-state index contributed by atoms with van der Waals surface area (Å²) in [4.78, 5) is 6.99. The van der Waals surface area contributed by atoms with Crippen LogP contribution >= 0.6 is 0 Å². The zero-order valence-corrected chi connectivity index (χ0v) is 13.7. The largest absolute Gasteiger partial charge is 0.353 e. The number of hydrogen-bond acceptors (Lipinski definition) is 4. The third-order valence-electron chi connectivity index (χ3n) is 4.79. The van der Waals surface area contributed by atoms with Crippen molar-refractivity contribution in [3.05, 3.63) is 18.2 Å². The second-order valence-electron chi connectivity index (χ2n) is 6.37. The lowest BCUT2D eigenvalue weighted by atomic mass is 10.1. The summed E-state index contributed by atoms with van der Waals surface area (Å²) >= 11 is 0. The van der Waals surface area contributed by atoms with Crippen LogP contribution in [0.3, 0.4) is 0 Å². The number of piperidine rings is 1. The summed E-state index contributed by atoms with van der Waals surface area (Å²) in [7, 11) is 0. The molecule has 0 N–H and O–H groups in total. The Kier molecular flexibility index (Phi) is 5.87. The highest BCUT2D eigenvalue weighted by molar-refractivity contribution is 4.96. The molecule has 0 aromatic carbocycles. The normalized spacial score (nSPS) is 27.1. The molecular formula is C17H29N3O2. The van der Waals surface area contributed by atoms with Crippen LogP contribution in [0.4, 0.5) is 0 Å². The van der Waals surface area contributed by atoms with Gasteiger partial charge in [0, 0.05) is 44.6 Å². The van der Waals surface area contributed by atoms with E-state index in [-0.39, 0.29) is 6.29 Å². The van der Waals surface area contributed by atoms with Gasteiger partial charge in [0.2, 0.25) is 0 Å². The Morgan fingerprint density at radius 1 is 1.32 bits per heavy atom. The SMILES string of the molecule is CCc1nccn1[C@@H]1CCCN(CCO[C@H]2CCCCO2)C1. The van der Waals surface area contributed by atoms with Gasteiger partial charge in [-0.1, -0.05) is 6.92 Å². The summed E-state index contributed by atoms with van der Waals surface area (Å²) in [5, 5.41) is 0. The van der Waals surface area contributed by atoms with E-state index < -0.39 is 0 Å². The van der Waals surface area contributed by atoms with E-state index in [9.17, 15) is 0 Å². The Balaban J connectivity index is 1.44. The minimum Gasteiger partial charge on any atom is -0.353 e. The first-order valence-electron chi connectivity index (χ1n) is 8.84. The smallest absolute Gasteiger partial charge is 0.157 e. The maximum absolute atomic E-state index is 5.87. The quantitative estimate of drug-likeness (QED) is 0.810. The summed E-state index contributed by atoms with van der Waals surface area (Å²) in [6.07, 6.45) is 11.1. The molecule has 2 saturated heterocycles. The Morgan fingerprint density at radius 2 is 2.27 bits per heavy atom. The van der Waals surface area contributed by atoms with Gasteiger partial charge in [0.25, 0.3) is 0 Å². The number of likely N-dealkylation sites (tertiary alicyclic amines) is 1. The summed E-state index contributed by atoms with van der Waals surface area (Å²) in [5.41, 5.74) is 0. The highest BCUT2D eigenvalue weighted by Crippen LogP contribution is 2.23. The third-order valence-corrected chi connectivity index (χ3v) is 4.79. The molecule has 22 heavy (non-hydrogen) atoms. The van der Waals surface area contributed by atoms with Crippen LogP contribution in [-0.4, -0.2) is 53.6 Å². The number of ether oxygens (including phenoxy) is 2. The molecule has 3 rings (SSSR count). The van der Waals surface area contributed by atoms with Gasteiger partial charge in [-0.05, 0) is 38.6 Å². The van der Waals surface area contributed by atoms with Crippen LogP contribution in [0, 0.1) is 0 Å². The van der Waals surface area contributed by atoms with Gasteiger partial charge in [0.15, 0.2) is 6.29 Å². The molecule has 3 heterocycles. The van der Waals surface area contributed by atoms with Crippen LogP contribution in [0.2, 0.25) is 0 Å². The van der Waals surface area contributed by atoms with Crippen LogP contribution in [0.25, 0.3) is 0 Å². The van der Waals surface area contributed by atoms with E-state index in [0.717, 1.165) is 39.1 Å². The lowest BCUT2D eigenvalue weighted by Crippen LogP contribution is -2.39. The molecule has 0 amide bonds. The molecule has 2 atom stereocenters. The summed E-state index contributed by atoms with van der Waals surface area (Å²) in [6.45, 7) is 7.11. The zero-order valence-electron chi connectivity index (χ0n) is 13.7. The van der Waals surface area contributed by atoms with Gasteiger partial charge in [-0.3, -0.25) is 4.90 Å². The van der Waals surface area contributed by atoms with Gasteiger partial charge < -0.3 is 14.0 Å². The highest BCUT2D eigenvalue weighted by Gasteiger charge is 2.22. The lowest BCUT2D eigenvalue weighted by Gasteiger charge is -2.34. The summed E-state index contributed by atoms with van der Waals surface area (Å²) in [5.74, 6) is 1.21. The number of aromatic nitrogens is 2. The van der Waals surface area contributed by atoms with E-state index in [4.69, 9.17) is 9.47 Å². The van der Waals surface area contributed by atoms with Crippen LogP contribution in [0.5, 0.6) is 0 Å². The molecule has 2 aliphatic heterocycles. The molecule has 1 aromatic heterocycles. The first-order valence-corrected chi connectivity index (χ1v) is 8.84. The number of hydrogen-bond donors (Lipinski definition) is 0. The number of imidazole rings is 1. The van der Waals surface area contributed by atoms with E-state index in [1.807, 2.05) is 6.20 Å². The zero-order chi connectivity index (χ0) is 15.2. The molecule has 2 aliphatic rings. The summed E-state index contributed by atoms with van der Waals surface area (Å²) in [6, 6.07) is 0.567. The molecule has 0 saturated carbocycles. The van der Waals surface area contributed by atoms with Crippen molar-refractivity contribution >= 4 is 0 Å². The van der Waals surface area contributed by atoms with Crippen molar-refractivity contribution in [3.8, 4) is 0 Å². The Bertz CT molecular complexity index is 443. The van der Waals surface area contributed by atoms with Crippen LogP contribution < -0.4 is 0 Å². The van der Waals surface area contributed by atoms with Crippen molar-refractivity contribution in [2.75, 3.05) is 32.8 Å². The van der Waals surface area contributed by atoms with Crippen molar-refractivity contribution in [3.63, 3.8) is 0 Å². The van der Waals surface area contributed by atoms with Gasteiger partial charge >= 0.3 is 0 Å². The monoisotopic (exact) mass is 307 g/mol. The fourth-order valence-corrected chi connectivity index (χ4v) is 3.57. The van der Waals surface area contributed by atoms with Gasteiger partial charge in [0.1, 0.15) is 5.82 Å². The van der Waals surface area contributed by atoms with Gasteiger partial charge in [0.05, 0.1) is 6.61 Å². The maximum atomic E-state index is 5.87. The van der Waals surface area contributed by atoms with Gasteiger partial charge in [-0.25, -0.2) is 4.98 Å². The van der Waals surface area contributed by atoms with Crippen molar-refractivity contribution in [1.29, 1.82) is 0 Å². The number of rotatable bonds is 6. The average Bonchev–Trinajstić information content (AvgIpc) is 3.05. The first kappa shape index (κ1) is 16.0. The van der Waals surface area contributed by atoms with E-state index in [1.165, 1.54) is 38.1 Å². The van der Waals surface area contributed by atoms with Crippen molar-refractivity contribution in [2.45, 2.75) is 57.8 Å². The molecule has 0 aliphatic carbocycles. The molecular weight excluding hydrogens is 278 g/mol. The Labute approximate surface area is 133 Å². The fourth-order valence-electron chi connectivity index (χ4n) is 3.57. The number of nitrogens with zero attached hydrogens (tertiary/aromatic N) is 3. The lowest BCUT2D eigenvalue weighted by molar-refractivity contribution is -0.164. The molecule has 124 valence electrons. The molecule has 0 spiro atoms. The maximum Gasteiger partial charge on any atom is 0.157 e. The van der Waals surface area contributed by atoms with Crippen LogP contribution in [0.1, 0.15) is 50.9 Å². The predicted octanol–water partition coefficient (Wildman–Crippen LogP) is 2.63. The second kappa shape index (κ2) is 8.09. The number of aryl methyl sites for hydroxylation is 1. The Hall–Kier alpha value is -0.910. The van der Waals surface area contributed by atoms with E-state index in [1.54, 1.807) is 0 Å². The fraction of sp³-hybridized carbons (Fsp3) is 0.824. The summed E-state index contributed by atoms with van der Waals surface area (Å²) < 4.78 is 13.9. The molecule has 0 bridgehead atoms. The first-order chi connectivity index (χ1) is 10.9. The van der Waals surface area contributed by atoms with E-state index in [0.29, 0.717) is 6.04 Å². The van der Waals surface area contributed by atoms with Gasteiger partial charge in [-0.2, -0.15) is 0 Å². The van der Waals surface area contributed by atoms with Crippen molar-refractivity contribution in [1.82, 2.24) is 14.5 Å². The second-order valence-corrected chi connectivity index (χ2v) is 6.37. The van der Waals surface area contributed by atoms with Crippen molar-refractivity contribution in [2.24, 2.45) is 0 Å². The van der Waals surface area contributed by atoms with Crippen LogP contribution in [0.15, 0.2) is 12.4 Å². The van der Waals surface area contributed by atoms with E-state index in [2.05, 4.69) is 27.6 Å². The molecule has 0 radical (unpaired) electrons. The molecule has 5 heteroatoms. The van der Waals surface area contributed by atoms with Crippen LogP contribution in [-0.2, 0) is 15.9 Å². The van der Waals surface area contributed by atoms with Crippen molar-refractivity contribution < 1.29 is 9.47 Å². The Morgan fingerprint density at radius 3 is 3.09 bits per heavy atom. The minimum absolute atomic E-state index is 0.0367. The van der Waals surface area contributed by atoms with Gasteiger partial charge in [-0.15, -0.1) is 0 Å². The average molecular weight is 307 g/mol. The standard InChI is InChI=1S/C17H29N3O2/c1-2-16-18-8-10-20(16)15-6-5-9-19(14-15)11-13-22-17-7-3-4-12-21-17/h8,10,15,17H,2-7,9,11-14H2,1H3/t15-,17+/m1/s1. The molecule has 5 nitrogen and oxygen atoms in total. The highest BCUT2D eigenvalue weighted by atomic mass is 16.7. The third kappa shape index (κ3) is 4.09. The topological polar surface area (TPSA) is 39.5 Å². The molecule has 0 unspecified atom stereocenters. The molecule has 1 aromatic rings. The molecule has 2 fully saturated rings. The van der Waals surface area contributed by atoms with E-state index >= 15 is 0 Å².